The number of aliphatic carboxylic acids is 1. The van der Waals surface area contributed by atoms with Crippen LogP contribution in [0.3, 0.4) is 0 Å². The smallest absolute Gasteiger partial charge is 0.307 e. The van der Waals surface area contributed by atoms with Gasteiger partial charge < -0.3 is 5.11 Å². The van der Waals surface area contributed by atoms with Crippen LogP contribution in [-0.4, -0.2) is 11.1 Å². The van der Waals surface area contributed by atoms with E-state index in [1.165, 1.54) is 0 Å². The molecular formula is C12H15NO2. The van der Waals surface area contributed by atoms with Crippen molar-refractivity contribution in [3.8, 4) is 6.07 Å². The van der Waals surface area contributed by atoms with Gasteiger partial charge in [-0.1, -0.05) is 26.5 Å². The first-order chi connectivity index (χ1) is 6.82. The maximum atomic E-state index is 10.9. The first-order valence-corrected chi connectivity index (χ1v) is 4.83. The van der Waals surface area contributed by atoms with Gasteiger partial charge in [0.05, 0.1) is 17.6 Å². The van der Waals surface area contributed by atoms with Gasteiger partial charge in [0.2, 0.25) is 0 Å². The molecule has 0 unspecified atom stereocenters. The van der Waals surface area contributed by atoms with E-state index in [2.05, 4.69) is 6.58 Å². The molecule has 1 rings (SSSR count). The molecule has 0 aromatic carbocycles. The highest BCUT2D eigenvalue weighted by atomic mass is 16.4. The number of nitriles is 1. The Hall–Kier alpha value is -1.56. The predicted octanol–water partition coefficient (Wildman–Crippen LogP) is 2.37. The van der Waals surface area contributed by atoms with Crippen molar-refractivity contribution < 1.29 is 9.90 Å². The molecule has 1 N–H and O–H groups in total. The molecule has 1 aliphatic rings. The summed E-state index contributed by atoms with van der Waals surface area (Å²) in [5, 5.41) is 17.8. The maximum Gasteiger partial charge on any atom is 0.307 e. The van der Waals surface area contributed by atoms with Crippen molar-refractivity contribution in [1.29, 1.82) is 5.26 Å². The SMILES string of the molecule is C=C(C)C(C#N)=C[C@@H]1[C@@H](C(=O)O)C1(C)C. The minimum atomic E-state index is -0.791. The first kappa shape index (κ1) is 11.5. The van der Waals surface area contributed by atoms with Crippen LogP contribution in [0.1, 0.15) is 20.8 Å². The Balaban J connectivity index is 2.91. The molecule has 0 radical (unpaired) electrons. The van der Waals surface area contributed by atoms with Crippen LogP contribution in [0.2, 0.25) is 0 Å². The average Bonchev–Trinajstić information content (AvgIpc) is 2.63. The zero-order valence-electron chi connectivity index (χ0n) is 9.24. The van der Waals surface area contributed by atoms with Crippen LogP contribution >= 0.6 is 0 Å². The Morgan fingerprint density at radius 2 is 2.13 bits per heavy atom. The van der Waals surface area contributed by atoms with Gasteiger partial charge in [-0.25, -0.2) is 0 Å². The van der Waals surface area contributed by atoms with Gasteiger partial charge in [0.1, 0.15) is 0 Å². The quantitative estimate of drug-likeness (QED) is 0.568. The summed E-state index contributed by atoms with van der Waals surface area (Å²) in [7, 11) is 0. The average molecular weight is 205 g/mol. The second kappa shape index (κ2) is 3.54. The molecule has 3 heteroatoms. The monoisotopic (exact) mass is 205 g/mol. The molecule has 0 spiro atoms. The summed E-state index contributed by atoms with van der Waals surface area (Å²) in [5.74, 6) is -1.22. The Kier molecular flexibility index (Phi) is 2.72. The summed E-state index contributed by atoms with van der Waals surface area (Å²) >= 11 is 0. The predicted molar refractivity (Wildman–Crippen MR) is 56.9 cm³/mol. The van der Waals surface area contributed by atoms with Crippen molar-refractivity contribution in [2.24, 2.45) is 17.3 Å². The lowest BCUT2D eigenvalue weighted by Crippen LogP contribution is -2.03. The maximum absolute atomic E-state index is 10.9. The van der Waals surface area contributed by atoms with Gasteiger partial charge in [-0.05, 0) is 23.8 Å². The molecule has 1 aliphatic carbocycles. The fourth-order valence-corrected chi connectivity index (χ4v) is 1.91. The van der Waals surface area contributed by atoms with Gasteiger partial charge in [-0.15, -0.1) is 0 Å². The van der Waals surface area contributed by atoms with Crippen LogP contribution in [0.4, 0.5) is 0 Å². The molecule has 0 amide bonds. The first-order valence-electron chi connectivity index (χ1n) is 4.83. The summed E-state index contributed by atoms with van der Waals surface area (Å²) in [4.78, 5) is 10.9. The minimum Gasteiger partial charge on any atom is -0.481 e. The molecule has 1 fully saturated rings. The van der Waals surface area contributed by atoms with Gasteiger partial charge in [0, 0.05) is 0 Å². The van der Waals surface area contributed by atoms with Gasteiger partial charge in [-0.2, -0.15) is 5.26 Å². The van der Waals surface area contributed by atoms with Gasteiger partial charge in [-0.3, -0.25) is 4.79 Å². The summed E-state index contributed by atoms with van der Waals surface area (Å²) < 4.78 is 0. The Labute approximate surface area is 89.7 Å². The molecule has 0 aromatic heterocycles. The molecular weight excluding hydrogens is 190 g/mol. The highest BCUT2D eigenvalue weighted by Gasteiger charge is 2.61. The van der Waals surface area contributed by atoms with Crippen molar-refractivity contribution in [1.82, 2.24) is 0 Å². The van der Waals surface area contributed by atoms with Crippen LogP contribution in [0.25, 0.3) is 0 Å². The van der Waals surface area contributed by atoms with E-state index in [0.29, 0.717) is 11.1 Å². The zero-order valence-corrected chi connectivity index (χ0v) is 9.24. The molecule has 0 bridgehead atoms. The van der Waals surface area contributed by atoms with Crippen LogP contribution in [0, 0.1) is 28.6 Å². The second-order valence-electron chi connectivity index (χ2n) is 4.64. The lowest BCUT2D eigenvalue weighted by molar-refractivity contribution is -0.139. The van der Waals surface area contributed by atoms with E-state index in [-0.39, 0.29) is 17.3 Å². The fraction of sp³-hybridized carbons (Fsp3) is 0.500. The lowest BCUT2D eigenvalue weighted by Gasteiger charge is -1.98. The van der Waals surface area contributed by atoms with E-state index >= 15 is 0 Å². The summed E-state index contributed by atoms with van der Waals surface area (Å²) in [6.45, 7) is 9.24. The van der Waals surface area contributed by atoms with Crippen LogP contribution in [0.15, 0.2) is 23.8 Å². The van der Waals surface area contributed by atoms with Crippen molar-refractivity contribution in [3.05, 3.63) is 23.8 Å². The summed E-state index contributed by atoms with van der Waals surface area (Å²) in [6, 6.07) is 2.04. The minimum absolute atomic E-state index is 0.0543. The Morgan fingerprint density at radius 1 is 1.60 bits per heavy atom. The number of allylic oxidation sites excluding steroid dienone is 3. The number of carboxylic acids is 1. The summed E-state index contributed by atoms with van der Waals surface area (Å²) in [5.41, 5.74) is 0.935. The van der Waals surface area contributed by atoms with Crippen molar-refractivity contribution >= 4 is 5.97 Å². The Morgan fingerprint density at radius 3 is 2.40 bits per heavy atom. The number of hydrogen-bond donors (Lipinski definition) is 1. The molecule has 3 nitrogen and oxygen atoms in total. The highest BCUT2D eigenvalue weighted by Crippen LogP contribution is 2.59. The topological polar surface area (TPSA) is 61.1 Å². The molecule has 1 saturated carbocycles. The normalized spacial score (nSPS) is 28.0. The van der Waals surface area contributed by atoms with Crippen LogP contribution in [0.5, 0.6) is 0 Å². The second-order valence-corrected chi connectivity index (χ2v) is 4.64. The Bertz CT molecular complexity index is 385. The number of nitrogens with zero attached hydrogens (tertiary/aromatic N) is 1. The number of carboxylic acid groups (broad SMARTS) is 1. The van der Waals surface area contributed by atoms with Gasteiger partial charge in [0.15, 0.2) is 0 Å². The van der Waals surface area contributed by atoms with E-state index in [1.54, 1.807) is 13.0 Å². The zero-order chi connectivity index (χ0) is 11.8. The third kappa shape index (κ3) is 1.94. The van der Waals surface area contributed by atoms with Crippen molar-refractivity contribution in [2.75, 3.05) is 0 Å². The molecule has 15 heavy (non-hydrogen) atoms. The lowest BCUT2D eigenvalue weighted by atomic mass is 10.0. The van der Waals surface area contributed by atoms with Crippen molar-refractivity contribution in [3.63, 3.8) is 0 Å². The van der Waals surface area contributed by atoms with Gasteiger partial charge >= 0.3 is 5.97 Å². The molecule has 80 valence electrons. The third-order valence-corrected chi connectivity index (χ3v) is 3.10. The van der Waals surface area contributed by atoms with E-state index in [0.717, 1.165) is 0 Å². The van der Waals surface area contributed by atoms with Crippen LogP contribution < -0.4 is 0 Å². The number of hydrogen-bond acceptors (Lipinski definition) is 2. The standard InChI is InChI=1S/C12H15NO2/c1-7(2)8(6-13)5-9-10(11(14)15)12(9,3)4/h5,9-10H,1H2,2-4H3,(H,14,15)/t9-,10+/m1/s1. The van der Waals surface area contributed by atoms with Crippen molar-refractivity contribution in [2.45, 2.75) is 20.8 Å². The molecule has 0 heterocycles. The summed E-state index contributed by atoms with van der Waals surface area (Å²) in [6.07, 6.45) is 1.74. The van der Waals surface area contributed by atoms with E-state index in [4.69, 9.17) is 10.4 Å². The molecule has 0 saturated heterocycles. The number of rotatable bonds is 3. The molecule has 0 aliphatic heterocycles. The third-order valence-electron chi connectivity index (χ3n) is 3.10. The largest absolute Gasteiger partial charge is 0.481 e. The molecule has 0 aromatic rings. The van der Waals surface area contributed by atoms with E-state index < -0.39 is 5.97 Å². The highest BCUT2D eigenvalue weighted by molar-refractivity contribution is 5.76. The fourth-order valence-electron chi connectivity index (χ4n) is 1.91. The molecule has 2 atom stereocenters. The number of carbonyl (C=O) groups is 1. The van der Waals surface area contributed by atoms with Crippen LogP contribution in [-0.2, 0) is 4.79 Å². The van der Waals surface area contributed by atoms with Gasteiger partial charge in [0.25, 0.3) is 0 Å². The van der Waals surface area contributed by atoms with E-state index in [9.17, 15) is 4.79 Å². The van der Waals surface area contributed by atoms with E-state index in [1.807, 2.05) is 19.9 Å².